The molecule has 0 aliphatic rings. The molecule has 0 bridgehead atoms. The van der Waals surface area contributed by atoms with Crippen molar-refractivity contribution in [3.63, 3.8) is 0 Å². The Hall–Kier alpha value is -2.96. The number of hydrogen-bond acceptors (Lipinski definition) is 5. The van der Waals surface area contributed by atoms with Crippen LogP contribution < -0.4 is 10.3 Å². The predicted octanol–water partition coefficient (Wildman–Crippen LogP) is 5.30. The van der Waals surface area contributed by atoms with Crippen molar-refractivity contribution < 1.29 is 9.84 Å². The second-order valence-corrected chi connectivity index (χ2v) is 9.00. The zero-order valence-corrected chi connectivity index (χ0v) is 18.5. The molecule has 4 aromatic rings. The summed E-state index contributed by atoms with van der Waals surface area (Å²) in [7, 11) is 1.74. The molecule has 5 nitrogen and oxygen atoms in total. The number of thiophene rings is 1. The molecule has 4 rings (SSSR count). The first-order chi connectivity index (χ1) is 14.2. The Morgan fingerprint density at radius 2 is 1.83 bits per heavy atom. The van der Waals surface area contributed by atoms with Gasteiger partial charge in [-0.3, -0.25) is 4.79 Å². The molecule has 1 aromatic carbocycles. The molecule has 0 saturated heterocycles. The third-order valence-electron chi connectivity index (χ3n) is 5.25. The van der Waals surface area contributed by atoms with Gasteiger partial charge in [0.2, 0.25) is 5.88 Å². The lowest BCUT2D eigenvalue weighted by atomic mass is 9.96. The van der Waals surface area contributed by atoms with Crippen LogP contribution in [0.15, 0.2) is 52.9 Å². The second-order valence-electron chi connectivity index (χ2n) is 8.08. The zero-order chi connectivity index (χ0) is 21.6. The zero-order valence-electron chi connectivity index (χ0n) is 17.7. The van der Waals surface area contributed by atoms with Crippen LogP contribution in [0.25, 0.3) is 21.2 Å². The molecule has 0 radical (unpaired) electrons. The Balaban J connectivity index is 1.99. The molecule has 6 heteroatoms. The quantitative estimate of drug-likeness (QED) is 0.487. The van der Waals surface area contributed by atoms with Crippen molar-refractivity contribution in [3.8, 4) is 22.8 Å². The van der Waals surface area contributed by atoms with Gasteiger partial charge in [0, 0.05) is 41.5 Å². The van der Waals surface area contributed by atoms with E-state index in [1.54, 1.807) is 37.9 Å². The van der Waals surface area contributed by atoms with Crippen LogP contribution in [0.5, 0.6) is 11.6 Å². The lowest BCUT2D eigenvalue weighted by Crippen LogP contribution is -2.17. The number of aromatic nitrogens is 2. The maximum absolute atomic E-state index is 12.6. The first kappa shape index (κ1) is 20.3. The largest absolute Gasteiger partial charge is 0.438 e. The molecule has 1 N–H and O–H groups in total. The van der Waals surface area contributed by atoms with E-state index in [-0.39, 0.29) is 5.56 Å². The maximum atomic E-state index is 12.6. The summed E-state index contributed by atoms with van der Waals surface area (Å²) in [5.74, 6) is 1.19. The number of nitrogens with zero attached hydrogens (tertiary/aromatic N) is 2. The van der Waals surface area contributed by atoms with E-state index in [1.165, 1.54) is 11.3 Å². The van der Waals surface area contributed by atoms with E-state index in [1.807, 2.05) is 49.6 Å². The normalized spacial score (nSPS) is 11.8. The second kappa shape index (κ2) is 7.38. The molecule has 0 amide bonds. The Morgan fingerprint density at radius 1 is 1.13 bits per heavy atom. The van der Waals surface area contributed by atoms with Gasteiger partial charge in [0.05, 0.1) is 5.60 Å². The molecule has 0 unspecified atom stereocenters. The summed E-state index contributed by atoms with van der Waals surface area (Å²) < 4.78 is 8.57. The first-order valence-electron chi connectivity index (χ1n) is 9.71. The molecular formula is C24H24N2O3S. The van der Waals surface area contributed by atoms with E-state index < -0.39 is 5.60 Å². The number of aryl methyl sites for hydroxylation is 3. The summed E-state index contributed by atoms with van der Waals surface area (Å²) in [6.07, 6.45) is 3.44. The minimum Gasteiger partial charge on any atom is -0.438 e. The van der Waals surface area contributed by atoms with Crippen LogP contribution in [0, 0.1) is 13.8 Å². The number of pyridine rings is 2. The minimum atomic E-state index is -1.06. The number of aliphatic hydroxyl groups is 1. The monoisotopic (exact) mass is 420 g/mol. The Morgan fingerprint density at radius 3 is 2.50 bits per heavy atom. The highest BCUT2D eigenvalue weighted by atomic mass is 32.1. The van der Waals surface area contributed by atoms with E-state index in [4.69, 9.17) is 4.74 Å². The molecule has 3 heterocycles. The summed E-state index contributed by atoms with van der Waals surface area (Å²) >= 11 is 1.42. The van der Waals surface area contributed by atoms with Crippen LogP contribution in [-0.2, 0) is 12.6 Å². The number of ether oxygens (including phenoxy) is 1. The Bertz CT molecular complexity index is 1290. The van der Waals surface area contributed by atoms with Gasteiger partial charge in [0.15, 0.2) is 0 Å². The van der Waals surface area contributed by atoms with Gasteiger partial charge in [-0.1, -0.05) is 18.2 Å². The van der Waals surface area contributed by atoms with E-state index in [9.17, 15) is 9.90 Å². The standard InChI is InChI=1S/C24H24N2O3S/c1-14-7-6-8-15(2)20(14)29-22-18(11-16(12-25-22)24(3,4)28)19-13-26(5)23(27)21-17(19)9-10-30-21/h6-13,28H,1-5H3. The fourth-order valence-electron chi connectivity index (χ4n) is 3.50. The lowest BCUT2D eigenvalue weighted by molar-refractivity contribution is 0.0782. The summed E-state index contributed by atoms with van der Waals surface area (Å²) in [4.78, 5) is 17.1. The average molecular weight is 421 g/mol. The van der Waals surface area contributed by atoms with Crippen LogP contribution >= 0.6 is 11.3 Å². The average Bonchev–Trinajstić information content (AvgIpc) is 3.17. The molecule has 0 atom stereocenters. The van der Waals surface area contributed by atoms with E-state index in [0.717, 1.165) is 33.4 Å². The fourth-order valence-corrected chi connectivity index (χ4v) is 4.39. The highest BCUT2D eigenvalue weighted by Gasteiger charge is 2.22. The molecule has 30 heavy (non-hydrogen) atoms. The molecular weight excluding hydrogens is 396 g/mol. The summed E-state index contributed by atoms with van der Waals surface area (Å²) in [6, 6.07) is 9.82. The highest BCUT2D eigenvalue weighted by Crippen LogP contribution is 2.39. The summed E-state index contributed by atoms with van der Waals surface area (Å²) in [5.41, 5.74) is 3.17. The number of para-hydroxylation sites is 1. The SMILES string of the molecule is Cc1cccc(C)c1Oc1ncc(C(C)(C)O)cc1-c1cn(C)c(=O)c2sccc12. The summed E-state index contributed by atoms with van der Waals surface area (Å²) in [5, 5.41) is 13.3. The van der Waals surface area contributed by atoms with Crippen molar-refractivity contribution in [1.29, 1.82) is 0 Å². The van der Waals surface area contributed by atoms with Gasteiger partial charge in [0.1, 0.15) is 10.4 Å². The van der Waals surface area contributed by atoms with Gasteiger partial charge >= 0.3 is 0 Å². The number of fused-ring (bicyclic) bond motifs is 1. The molecule has 0 spiro atoms. The minimum absolute atomic E-state index is 0.0347. The van der Waals surface area contributed by atoms with Crippen molar-refractivity contribution in [1.82, 2.24) is 9.55 Å². The number of hydrogen-bond donors (Lipinski definition) is 1. The molecule has 0 fully saturated rings. The third kappa shape index (κ3) is 3.53. The smallest absolute Gasteiger partial charge is 0.268 e. The van der Waals surface area contributed by atoms with Crippen LogP contribution in [0.2, 0.25) is 0 Å². The lowest BCUT2D eigenvalue weighted by Gasteiger charge is -2.21. The maximum Gasteiger partial charge on any atom is 0.268 e. The van der Waals surface area contributed by atoms with Crippen molar-refractivity contribution in [2.45, 2.75) is 33.3 Å². The molecule has 154 valence electrons. The van der Waals surface area contributed by atoms with Crippen molar-refractivity contribution in [2.24, 2.45) is 7.05 Å². The van der Waals surface area contributed by atoms with Crippen LogP contribution in [0.4, 0.5) is 0 Å². The molecule has 0 saturated carbocycles. The van der Waals surface area contributed by atoms with Gasteiger partial charge in [-0.2, -0.15) is 0 Å². The van der Waals surface area contributed by atoms with E-state index >= 15 is 0 Å². The van der Waals surface area contributed by atoms with Gasteiger partial charge < -0.3 is 14.4 Å². The fraction of sp³-hybridized carbons (Fsp3) is 0.250. The van der Waals surface area contributed by atoms with Gasteiger partial charge in [0.25, 0.3) is 5.56 Å². The van der Waals surface area contributed by atoms with Gasteiger partial charge in [-0.15, -0.1) is 11.3 Å². The number of benzene rings is 1. The third-order valence-corrected chi connectivity index (χ3v) is 6.15. The van der Waals surface area contributed by atoms with Crippen molar-refractivity contribution in [3.05, 3.63) is 75.1 Å². The molecule has 3 aromatic heterocycles. The van der Waals surface area contributed by atoms with Crippen LogP contribution in [0.3, 0.4) is 0 Å². The predicted molar refractivity (Wildman–Crippen MR) is 122 cm³/mol. The summed E-state index contributed by atoms with van der Waals surface area (Å²) in [6.45, 7) is 7.44. The van der Waals surface area contributed by atoms with Crippen LogP contribution in [0.1, 0.15) is 30.5 Å². The molecule has 0 aliphatic heterocycles. The van der Waals surface area contributed by atoms with E-state index in [2.05, 4.69) is 4.98 Å². The highest BCUT2D eigenvalue weighted by molar-refractivity contribution is 7.17. The first-order valence-corrected chi connectivity index (χ1v) is 10.6. The number of rotatable bonds is 4. The van der Waals surface area contributed by atoms with Crippen molar-refractivity contribution >= 4 is 21.4 Å². The Labute approximate surface area is 179 Å². The molecule has 0 aliphatic carbocycles. The topological polar surface area (TPSA) is 64.3 Å². The Kier molecular flexibility index (Phi) is 5.00. The van der Waals surface area contributed by atoms with E-state index in [0.29, 0.717) is 16.1 Å². The van der Waals surface area contributed by atoms with Gasteiger partial charge in [-0.05, 0) is 56.3 Å². The van der Waals surface area contributed by atoms with Crippen molar-refractivity contribution in [2.75, 3.05) is 0 Å². The van der Waals surface area contributed by atoms with Crippen LogP contribution in [-0.4, -0.2) is 14.7 Å². The van der Waals surface area contributed by atoms with Gasteiger partial charge in [-0.25, -0.2) is 4.98 Å².